The number of aromatic nitrogens is 1. The Bertz CT molecular complexity index is 552. The maximum absolute atomic E-state index is 5.64. The van der Waals surface area contributed by atoms with E-state index in [4.69, 9.17) is 4.42 Å². The molecule has 0 aliphatic carbocycles. The molecule has 1 aromatic carbocycles. The summed E-state index contributed by atoms with van der Waals surface area (Å²) in [5.41, 5.74) is 2.06. The van der Waals surface area contributed by atoms with Gasteiger partial charge in [-0.1, -0.05) is 25.1 Å². The number of nitrogens with zero attached hydrogens (tertiary/aromatic N) is 2. The zero-order valence-electron chi connectivity index (χ0n) is 13.0. The quantitative estimate of drug-likeness (QED) is 0.886. The van der Waals surface area contributed by atoms with Crippen molar-refractivity contribution in [1.29, 1.82) is 0 Å². The maximum atomic E-state index is 5.64. The van der Waals surface area contributed by atoms with E-state index in [1.165, 1.54) is 12.8 Å². The van der Waals surface area contributed by atoms with E-state index in [1.807, 2.05) is 30.3 Å². The van der Waals surface area contributed by atoms with Crippen molar-refractivity contribution in [2.75, 3.05) is 19.6 Å². The molecule has 2 heterocycles. The highest BCUT2D eigenvalue weighted by atomic mass is 35.5. The van der Waals surface area contributed by atoms with Gasteiger partial charge in [0.15, 0.2) is 0 Å². The number of hydrogen-bond acceptors (Lipinski definition) is 4. The molecule has 1 N–H and O–H groups in total. The Morgan fingerprint density at radius 1 is 1.32 bits per heavy atom. The lowest BCUT2D eigenvalue weighted by atomic mass is 10.2. The van der Waals surface area contributed by atoms with Crippen LogP contribution in [0.1, 0.15) is 25.5 Å². The Morgan fingerprint density at radius 3 is 2.82 bits per heavy atom. The highest BCUT2D eigenvalue weighted by molar-refractivity contribution is 5.85. The van der Waals surface area contributed by atoms with Gasteiger partial charge in [-0.15, -0.1) is 12.4 Å². The molecule has 1 atom stereocenters. The molecular weight excluding hydrogens is 298 g/mol. The first kappa shape index (κ1) is 17.0. The van der Waals surface area contributed by atoms with E-state index in [0.717, 1.165) is 37.4 Å². The van der Waals surface area contributed by atoms with E-state index in [9.17, 15) is 0 Å². The number of halogens is 1. The fourth-order valence-electron chi connectivity index (χ4n) is 2.93. The number of hydrogen-bond donors (Lipinski definition) is 1. The third-order valence-electron chi connectivity index (χ3n) is 4.00. The Balaban J connectivity index is 0.00000176. The summed E-state index contributed by atoms with van der Waals surface area (Å²) in [4.78, 5) is 7.17. The molecule has 5 heteroatoms. The predicted molar refractivity (Wildman–Crippen MR) is 91.2 cm³/mol. The van der Waals surface area contributed by atoms with Crippen LogP contribution < -0.4 is 5.32 Å². The lowest BCUT2D eigenvalue weighted by Crippen LogP contribution is -2.37. The second kappa shape index (κ2) is 8.32. The molecule has 3 rings (SSSR count). The van der Waals surface area contributed by atoms with Gasteiger partial charge in [-0.25, -0.2) is 4.98 Å². The summed E-state index contributed by atoms with van der Waals surface area (Å²) in [6.45, 7) is 6.42. The SMILES string of the molecule is CCCN(Cc1coc(-c2ccccc2)n1)C1CCNC1.Cl. The van der Waals surface area contributed by atoms with Gasteiger partial charge in [-0.3, -0.25) is 4.90 Å². The smallest absolute Gasteiger partial charge is 0.226 e. The zero-order chi connectivity index (χ0) is 14.5. The minimum Gasteiger partial charge on any atom is -0.444 e. The van der Waals surface area contributed by atoms with Crippen LogP contribution >= 0.6 is 12.4 Å². The molecule has 0 radical (unpaired) electrons. The van der Waals surface area contributed by atoms with Gasteiger partial charge in [-0.2, -0.15) is 0 Å². The van der Waals surface area contributed by atoms with Crippen LogP contribution in [0.4, 0.5) is 0 Å². The van der Waals surface area contributed by atoms with E-state index in [0.29, 0.717) is 11.9 Å². The van der Waals surface area contributed by atoms with E-state index in [-0.39, 0.29) is 12.4 Å². The largest absolute Gasteiger partial charge is 0.444 e. The van der Waals surface area contributed by atoms with Gasteiger partial charge >= 0.3 is 0 Å². The Morgan fingerprint density at radius 2 is 2.14 bits per heavy atom. The van der Waals surface area contributed by atoms with Gasteiger partial charge in [0.1, 0.15) is 6.26 Å². The molecule has 4 nitrogen and oxygen atoms in total. The lowest BCUT2D eigenvalue weighted by molar-refractivity contribution is 0.197. The molecule has 22 heavy (non-hydrogen) atoms. The van der Waals surface area contributed by atoms with Crippen LogP contribution in [0.3, 0.4) is 0 Å². The molecule has 1 saturated heterocycles. The summed E-state index contributed by atoms with van der Waals surface area (Å²) in [6.07, 6.45) is 4.19. The molecule has 0 bridgehead atoms. The number of benzene rings is 1. The van der Waals surface area contributed by atoms with Crippen LogP contribution in [0, 0.1) is 0 Å². The van der Waals surface area contributed by atoms with Crippen LogP contribution in [0.5, 0.6) is 0 Å². The Hall–Kier alpha value is -1.36. The van der Waals surface area contributed by atoms with E-state index >= 15 is 0 Å². The van der Waals surface area contributed by atoms with Crippen molar-refractivity contribution in [1.82, 2.24) is 15.2 Å². The van der Waals surface area contributed by atoms with Crippen LogP contribution in [0.25, 0.3) is 11.5 Å². The summed E-state index contributed by atoms with van der Waals surface area (Å²) in [5, 5.41) is 3.44. The fraction of sp³-hybridized carbons (Fsp3) is 0.471. The van der Waals surface area contributed by atoms with Crippen molar-refractivity contribution in [3.8, 4) is 11.5 Å². The van der Waals surface area contributed by atoms with Gasteiger partial charge in [0.2, 0.25) is 5.89 Å². The average molecular weight is 322 g/mol. The molecule has 120 valence electrons. The normalized spacial score (nSPS) is 17.6. The van der Waals surface area contributed by atoms with Crippen molar-refractivity contribution in [2.45, 2.75) is 32.4 Å². The van der Waals surface area contributed by atoms with Gasteiger partial charge in [0, 0.05) is 24.7 Å². The highest BCUT2D eigenvalue weighted by Gasteiger charge is 2.22. The zero-order valence-corrected chi connectivity index (χ0v) is 13.8. The lowest BCUT2D eigenvalue weighted by Gasteiger charge is -2.26. The Labute approximate surface area is 138 Å². The topological polar surface area (TPSA) is 41.3 Å². The summed E-state index contributed by atoms with van der Waals surface area (Å²) >= 11 is 0. The fourth-order valence-corrected chi connectivity index (χ4v) is 2.93. The second-order valence-electron chi connectivity index (χ2n) is 5.63. The molecule has 0 saturated carbocycles. The van der Waals surface area contributed by atoms with Crippen molar-refractivity contribution in [3.05, 3.63) is 42.3 Å². The molecule has 0 spiro atoms. The van der Waals surface area contributed by atoms with Gasteiger partial charge in [-0.05, 0) is 38.1 Å². The Kier molecular flexibility index (Phi) is 6.43. The van der Waals surface area contributed by atoms with Gasteiger partial charge in [0.25, 0.3) is 0 Å². The third kappa shape index (κ3) is 4.09. The number of oxazole rings is 1. The van der Waals surface area contributed by atoms with Gasteiger partial charge in [0.05, 0.1) is 5.69 Å². The minimum atomic E-state index is 0. The van der Waals surface area contributed by atoms with Crippen molar-refractivity contribution < 1.29 is 4.42 Å². The molecular formula is C17H24ClN3O. The molecule has 1 aromatic heterocycles. The van der Waals surface area contributed by atoms with Crippen molar-refractivity contribution in [3.63, 3.8) is 0 Å². The summed E-state index contributed by atoms with van der Waals surface area (Å²) in [6, 6.07) is 10.7. The van der Waals surface area contributed by atoms with Crippen molar-refractivity contribution >= 4 is 12.4 Å². The minimum absolute atomic E-state index is 0. The molecule has 2 aromatic rings. The second-order valence-corrected chi connectivity index (χ2v) is 5.63. The first-order valence-electron chi connectivity index (χ1n) is 7.81. The predicted octanol–water partition coefficient (Wildman–Crippen LogP) is 3.34. The van der Waals surface area contributed by atoms with E-state index in [1.54, 1.807) is 6.26 Å². The van der Waals surface area contributed by atoms with E-state index < -0.39 is 0 Å². The average Bonchev–Trinajstić information content (AvgIpc) is 3.19. The summed E-state index contributed by atoms with van der Waals surface area (Å²) in [5.74, 6) is 0.714. The summed E-state index contributed by atoms with van der Waals surface area (Å²) < 4.78 is 5.64. The molecule has 1 fully saturated rings. The van der Waals surface area contributed by atoms with Gasteiger partial charge < -0.3 is 9.73 Å². The van der Waals surface area contributed by atoms with Crippen molar-refractivity contribution in [2.24, 2.45) is 0 Å². The first-order chi connectivity index (χ1) is 10.4. The molecule has 1 unspecified atom stereocenters. The van der Waals surface area contributed by atoms with E-state index in [2.05, 4.69) is 22.1 Å². The molecule has 1 aliphatic heterocycles. The monoisotopic (exact) mass is 321 g/mol. The standard InChI is InChI=1S/C17H23N3O.ClH/c1-2-10-20(16-8-9-18-11-16)12-15-13-21-17(19-15)14-6-4-3-5-7-14;/h3-7,13,16,18H,2,8-12H2,1H3;1H. The van der Waals surface area contributed by atoms with Crippen LogP contribution in [0.15, 0.2) is 41.0 Å². The number of nitrogens with one attached hydrogen (secondary N) is 1. The maximum Gasteiger partial charge on any atom is 0.226 e. The van der Waals surface area contributed by atoms with Crippen LogP contribution in [-0.2, 0) is 6.54 Å². The van der Waals surface area contributed by atoms with Crippen LogP contribution in [-0.4, -0.2) is 35.6 Å². The summed E-state index contributed by atoms with van der Waals surface area (Å²) in [7, 11) is 0. The third-order valence-corrected chi connectivity index (χ3v) is 4.00. The van der Waals surface area contributed by atoms with Crippen LogP contribution in [0.2, 0.25) is 0 Å². The molecule has 0 amide bonds. The highest BCUT2D eigenvalue weighted by Crippen LogP contribution is 2.20. The first-order valence-corrected chi connectivity index (χ1v) is 7.81. The number of rotatable bonds is 6. The molecule has 1 aliphatic rings.